The van der Waals surface area contributed by atoms with Crippen molar-refractivity contribution in [1.29, 1.82) is 0 Å². The van der Waals surface area contributed by atoms with Crippen LogP contribution in [-0.4, -0.2) is 26.8 Å². The van der Waals surface area contributed by atoms with Crippen LogP contribution in [0.2, 0.25) is 0 Å². The Morgan fingerprint density at radius 3 is 2.38 bits per heavy atom. The minimum Gasteiger partial charge on any atom is -0.316 e. The van der Waals surface area contributed by atoms with Crippen LogP contribution < -0.4 is 5.32 Å². The molecule has 1 aromatic rings. The maximum atomic E-state index is 13.9. The lowest BCUT2D eigenvalue weighted by atomic mass is 9.96. The number of nitrogens with one attached hydrogen (secondary N) is 1. The molecule has 3 nitrogen and oxygen atoms in total. The molecular formula is C15H21F2NO2S. The van der Waals surface area contributed by atoms with Crippen molar-refractivity contribution >= 4 is 9.84 Å². The molecule has 0 amide bonds. The van der Waals surface area contributed by atoms with E-state index in [1.165, 1.54) is 0 Å². The molecule has 118 valence electrons. The molecule has 6 heteroatoms. The quantitative estimate of drug-likeness (QED) is 0.872. The second-order valence-electron chi connectivity index (χ2n) is 5.54. The summed E-state index contributed by atoms with van der Waals surface area (Å²) in [5.41, 5.74) is 0. The van der Waals surface area contributed by atoms with E-state index in [9.17, 15) is 17.2 Å². The lowest BCUT2D eigenvalue weighted by Gasteiger charge is -2.29. The molecule has 0 aromatic heterocycles. The van der Waals surface area contributed by atoms with Gasteiger partial charge in [0.05, 0.1) is 5.25 Å². The summed E-state index contributed by atoms with van der Waals surface area (Å²) in [5.74, 6) is -1.78. The molecule has 1 aromatic carbocycles. The van der Waals surface area contributed by atoms with Crippen molar-refractivity contribution in [2.45, 2.75) is 54.7 Å². The summed E-state index contributed by atoms with van der Waals surface area (Å²) in [4.78, 5) is -0.394. The van der Waals surface area contributed by atoms with E-state index >= 15 is 0 Å². The van der Waals surface area contributed by atoms with E-state index in [1.807, 2.05) is 0 Å². The largest absolute Gasteiger partial charge is 0.316 e. The number of hydrogen-bond acceptors (Lipinski definition) is 3. The van der Waals surface area contributed by atoms with E-state index in [0.717, 1.165) is 44.2 Å². The SMILES string of the molecule is CNC1CCCCCCC1S(=O)(=O)c1ccc(F)cc1F. The average molecular weight is 317 g/mol. The van der Waals surface area contributed by atoms with Crippen molar-refractivity contribution in [2.24, 2.45) is 0 Å². The minimum absolute atomic E-state index is 0.195. The molecule has 0 heterocycles. The Bertz CT molecular complexity index is 589. The van der Waals surface area contributed by atoms with Crippen LogP contribution in [0.15, 0.2) is 23.1 Å². The zero-order chi connectivity index (χ0) is 15.5. The molecule has 1 aliphatic rings. The van der Waals surface area contributed by atoms with E-state index in [1.54, 1.807) is 7.05 Å². The first-order chi connectivity index (χ1) is 9.96. The second-order valence-corrected chi connectivity index (χ2v) is 7.68. The lowest BCUT2D eigenvalue weighted by molar-refractivity contribution is 0.404. The highest BCUT2D eigenvalue weighted by Crippen LogP contribution is 2.29. The highest BCUT2D eigenvalue weighted by Gasteiger charge is 2.35. The maximum absolute atomic E-state index is 13.9. The molecule has 2 atom stereocenters. The molecule has 1 aliphatic carbocycles. The molecule has 2 rings (SSSR count). The van der Waals surface area contributed by atoms with E-state index in [2.05, 4.69) is 5.32 Å². The van der Waals surface area contributed by atoms with Gasteiger partial charge in [-0.05, 0) is 32.0 Å². The van der Waals surface area contributed by atoms with Gasteiger partial charge >= 0.3 is 0 Å². The van der Waals surface area contributed by atoms with Crippen LogP contribution in [0.1, 0.15) is 38.5 Å². The fraction of sp³-hybridized carbons (Fsp3) is 0.600. The van der Waals surface area contributed by atoms with Gasteiger partial charge in [0, 0.05) is 12.1 Å². The van der Waals surface area contributed by atoms with Crippen LogP contribution >= 0.6 is 0 Å². The Morgan fingerprint density at radius 2 is 1.76 bits per heavy atom. The van der Waals surface area contributed by atoms with Gasteiger partial charge < -0.3 is 5.32 Å². The summed E-state index contributed by atoms with van der Waals surface area (Å²) in [6.45, 7) is 0. The molecular weight excluding hydrogens is 296 g/mol. The van der Waals surface area contributed by atoms with Crippen molar-refractivity contribution in [2.75, 3.05) is 7.05 Å². The Balaban J connectivity index is 2.38. The smallest absolute Gasteiger partial charge is 0.185 e. The number of benzene rings is 1. The van der Waals surface area contributed by atoms with Crippen LogP contribution in [0, 0.1) is 11.6 Å². The number of sulfone groups is 1. The Kier molecular flexibility index (Phi) is 5.32. The summed E-state index contributed by atoms with van der Waals surface area (Å²) in [6.07, 6.45) is 5.12. The van der Waals surface area contributed by atoms with Crippen LogP contribution in [0.5, 0.6) is 0 Å². The highest BCUT2D eigenvalue weighted by molar-refractivity contribution is 7.92. The third-order valence-electron chi connectivity index (χ3n) is 4.17. The first kappa shape index (κ1) is 16.4. The fourth-order valence-electron chi connectivity index (χ4n) is 3.02. The topological polar surface area (TPSA) is 46.2 Å². The van der Waals surface area contributed by atoms with Gasteiger partial charge in [-0.25, -0.2) is 17.2 Å². The Labute approximate surface area is 124 Å². The molecule has 1 saturated carbocycles. The van der Waals surface area contributed by atoms with Crippen LogP contribution in [0.25, 0.3) is 0 Å². The minimum atomic E-state index is -3.81. The van der Waals surface area contributed by atoms with Gasteiger partial charge in [0.1, 0.15) is 16.5 Å². The summed E-state index contributed by atoms with van der Waals surface area (Å²) >= 11 is 0. The molecule has 0 saturated heterocycles. The molecule has 1 N–H and O–H groups in total. The van der Waals surface area contributed by atoms with Gasteiger partial charge in [0.15, 0.2) is 9.84 Å². The molecule has 21 heavy (non-hydrogen) atoms. The standard InChI is InChI=1S/C15H21F2NO2S/c1-18-13-6-4-2-3-5-7-15(13)21(19,20)14-9-8-11(16)10-12(14)17/h8-10,13,15,18H,2-7H2,1H3. The third-order valence-corrected chi connectivity index (χ3v) is 6.48. The zero-order valence-corrected chi connectivity index (χ0v) is 12.9. The zero-order valence-electron chi connectivity index (χ0n) is 12.1. The third kappa shape index (κ3) is 3.61. The molecule has 0 aliphatic heterocycles. The maximum Gasteiger partial charge on any atom is 0.185 e. The normalized spacial score (nSPS) is 24.3. The number of rotatable bonds is 3. The van der Waals surface area contributed by atoms with Crippen molar-refractivity contribution in [3.8, 4) is 0 Å². The van der Waals surface area contributed by atoms with Crippen molar-refractivity contribution in [3.63, 3.8) is 0 Å². The Hall–Kier alpha value is -1.01. The molecule has 0 spiro atoms. The van der Waals surface area contributed by atoms with Crippen molar-refractivity contribution < 1.29 is 17.2 Å². The van der Waals surface area contributed by atoms with Gasteiger partial charge in [-0.1, -0.05) is 25.7 Å². The van der Waals surface area contributed by atoms with Crippen molar-refractivity contribution in [1.82, 2.24) is 5.32 Å². The summed E-state index contributed by atoms with van der Waals surface area (Å²) in [7, 11) is -2.08. The molecule has 1 fully saturated rings. The van der Waals surface area contributed by atoms with Crippen LogP contribution in [-0.2, 0) is 9.84 Å². The van der Waals surface area contributed by atoms with Gasteiger partial charge in [0.2, 0.25) is 0 Å². The Morgan fingerprint density at radius 1 is 1.10 bits per heavy atom. The summed E-state index contributed by atoms with van der Waals surface area (Å²) in [5, 5.41) is 2.39. The average Bonchev–Trinajstić information content (AvgIpc) is 2.37. The summed E-state index contributed by atoms with van der Waals surface area (Å²) < 4.78 is 52.4. The fourth-order valence-corrected chi connectivity index (χ4v) is 5.12. The monoisotopic (exact) mass is 317 g/mol. The van der Waals surface area contributed by atoms with Gasteiger partial charge in [-0.15, -0.1) is 0 Å². The predicted octanol–water partition coefficient (Wildman–Crippen LogP) is 3.05. The van der Waals surface area contributed by atoms with Crippen LogP contribution in [0.4, 0.5) is 8.78 Å². The molecule has 2 unspecified atom stereocenters. The van der Waals surface area contributed by atoms with E-state index < -0.39 is 31.6 Å². The number of halogens is 2. The lowest BCUT2D eigenvalue weighted by Crippen LogP contribution is -2.43. The first-order valence-corrected chi connectivity index (χ1v) is 8.87. The van der Waals surface area contributed by atoms with Gasteiger partial charge in [-0.3, -0.25) is 0 Å². The molecule has 0 bridgehead atoms. The highest BCUT2D eigenvalue weighted by atomic mass is 32.2. The van der Waals surface area contributed by atoms with Crippen molar-refractivity contribution in [3.05, 3.63) is 29.8 Å². The van der Waals surface area contributed by atoms with Gasteiger partial charge in [0.25, 0.3) is 0 Å². The van der Waals surface area contributed by atoms with E-state index in [-0.39, 0.29) is 6.04 Å². The van der Waals surface area contributed by atoms with E-state index in [0.29, 0.717) is 12.5 Å². The predicted molar refractivity (Wildman–Crippen MR) is 77.9 cm³/mol. The second kappa shape index (κ2) is 6.83. The first-order valence-electron chi connectivity index (χ1n) is 7.33. The van der Waals surface area contributed by atoms with E-state index in [4.69, 9.17) is 0 Å². The van der Waals surface area contributed by atoms with Gasteiger partial charge in [-0.2, -0.15) is 0 Å². The van der Waals surface area contributed by atoms with Crippen LogP contribution in [0.3, 0.4) is 0 Å². The summed E-state index contributed by atoms with van der Waals surface area (Å²) in [6, 6.07) is 2.46. The molecule has 0 radical (unpaired) electrons. The number of hydrogen-bond donors (Lipinski definition) is 1.